The predicted octanol–water partition coefficient (Wildman–Crippen LogP) is 3.24. The molecule has 0 bridgehead atoms. The van der Waals surface area contributed by atoms with Crippen molar-refractivity contribution in [3.8, 4) is 0 Å². The van der Waals surface area contributed by atoms with E-state index in [2.05, 4.69) is 32.1 Å². The van der Waals surface area contributed by atoms with Gasteiger partial charge in [-0.2, -0.15) is 0 Å². The Morgan fingerprint density at radius 2 is 1.85 bits per heavy atom. The largest absolute Gasteiger partial charge is 0.273 e. The molecular formula is C20H21N5O. The molecule has 2 aromatic heterocycles. The van der Waals surface area contributed by atoms with E-state index in [0.717, 1.165) is 29.1 Å². The quantitative estimate of drug-likeness (QED) is 0.834. The predicted molar refractivity (Wildman–Crippen MR) is 99.0 cm³/mol. The molecule has 2 aliphatic rings. The van der Waals surface area contributed by atoms with E-state index in [0.29, 0.717) is 11.6 Å². The maximum atomic E-state index is 13.2. The Hall–Kier alpha value is -2.89. The molecule has 0 saturated carbocycles. The first-order valence-corrected chi connectivity index (χ1v) is 8.73. The second-order valence-electron chi connectivity index (χ2n) is 7.36. The molecule has 0 aromatic carbocycles. The summed E-state index contributed by atoms with van der Waals surface area (Å²) in [4.78, 5) is 32.1. The van der Waals surface area contributed by atoms with Crippen molar-refractivity contribution in [2.45, 2.75) is 34.1 Å². The fourth-order valence-corrected chi connectivity index (χ4v) is 3.67. The standard InChI is InChI=1S/C20H21N5O/c1-12-22-10-15(11-23-12)14-5-6-16-17(9-14)25(19(26)20(16,3)4)18-7-8-21-13(2)24-18/h5,7-11,16H,6H2,1-4H3. The molecule has 1 amide bonds. The molecule has 1 fully saturated rings. The maximum absolute atomic E-state index is 13.2. The van der Waals surface area contributed by atoms with Gasteiger partial charge in [-0.25, -0.2) is 19.9 Å². The van der Waals surface area contributed by atoms with Crippen LogP contribution < -0.4 is 4.90 Å². The Labute approximate surface area is 152 Å². The van der Waals surface area contributed by atoms with Crippen molar-refractivity contribution in [2.24, 2.45) is 11.3 Å². The number of anilines is 1. The Morgan fingerprint density at radius 3 is 2.54 bits per heavy atom. The highest BCUT2D eigenvalue weighted by Crippen LogP contribution is 2.50. The summed E-state index contributed by atoms with van der Waals surface area (Å²) in [5, 5.41) is 0. The van der Waals surface area contributed by atoms with Gasteiger partial charge in [0.1, 0.15) is 17.5 Å². The van der Waals surface area contributed by atoms with Crippen molar-refractivity contribution in [2.75, 3.05) is 4.90 Å². The third-order valence-corrected chi connectivity index (χ3v) is 5.22. The average molecular weight is 347 g/mol. The summed E-state index contributed by atoms with van der Waals surface area (Å²) in [5.74, 6) is 2.22. The van der Waals surface area contributed by atoms with Gasteiger partial charge in [-0.1, -0.05) is 19.9 Å². The van der Waals surface area contributed by atoms with Crippen LogP contribution in [-0.4, -0.2) is 25.8 Å². The molecule has 1 unspecified atom stereocenters. The third kappa shape index (κ3) is 2.53. The van der Waals surface area contributed by atoms with Crippen LogP contribution in [0.2, 0.25) is 0 Å². The molecule has 26 heavy (non-hydrogen) atoms. The van der Waals surface area contributed by atoms with Crippen LogP contribution in [0.1, 0.15) is 37.5 Å². The normalized spacial score (nSPS) is 21.3. The van der Waals surface area contributed by atoms with Gasteiger partial charge >= 0.3 is 0 Å². The van der Waals surface area contributed by atoms with Crippen LogP contribution in [0.3, 0.4) is 0 Å². The number of carbonyl (C=O) groups excluding carboxylic acids is 1. The highest BCUT2D eigenvalue weighted by atomic mass is 16.2. The first-order valence-electron chi connectivity index (χ1n) is 8.73. The van der Waals surface area contributed by atoms with Crippen molar-refractivity contribution < 1.29 is 4.79 Å². The fraction of sp³-hybridized carbons (Fsp3) is 0.350. The van der Waals surface area contributed by atoms with Gasteiger partial charge in [0.15, 0.2) is 0 Å². The summed E-state index contributed by atoms with van der Waals surface area (Å²) < 4.78 is 0. The van der Waals surface area contributed by atoms with E-state index in [4.69, 9.17) is 0 Å². The van der Waals surface area contributed by atoms with Crippen LogP contribution in [0.25, 0.3) is 5.57 Å². The van der Waals surface area contributed by atoms with Crippen LogP contribution in [0.5, 0.6) is 0 Å². The minimum atomic E-state index is -0.476. The Morgan fingerprint density at radius 1 is 1.12 bits per heavy atom. The smallest absolute Gasteiger partial charge is 0.238 e. The summed E-state index contributed by atoms with van der Waals surface area (Å²) in [6.45, 7) is 7.72. The number of hydrogen-bond donors (Lipinski definition) is 0. The van der Waals surface area contributed by atoms with Gasteiger partial charge in [0.2, 0.25) is 5.91 Å². The van der Waals surface area contributed by atoms with Crippen LogP contribution >= 0.6 is 0 Å². The second kappa shape index (κ2) is 5.83. The number of rotatable bonds is 2. The zero-order valence-electron chi connectivity index (χ0n) is 15.4. The molecule has 1 atom stereocenters. The summed E-state index contributed by atoms with van der Waals surface area (Å²) in [5.41, 5.74) is 2.50. The van der Waals surface area contributed by atoms with Gasteiger partial charge in [0.05, 0.1) is 5.41 Å². The molecule has 1 aliphatic carbocycles. The van der Waals surface area contributed by atoms with Crippen molar-refractivity contribution in [3.63, 3.8) is 0 Å². The van der Waals surface area contributed by atoms with E-state index in [1.54, 1.807) is 17.2 Å². The zero-order chi connectivity index (χ0) is 18.5. The van der Waals surface area contributed by atoms with E-state index < -0.39 is 5.41 Å². The van der Waals surface area contributed by atoms with Gasteiger partial charge in [0.25, 0.3) is 0 Å². The van der Waals surface area contributed by atoms with Gasteiger partial charge in [0, 0.05) is 35.8 Å². The summed E-state index contributed by atoms with van der Waals surface area (Å²) in [6.07, 6.45) is 10.4. The summed E-state index contributed by atoms with van der Waals surface area (Å²) in [7, 11) is 0. The van der Waals surface area contributed by atoms with Crippen molar-refractivity contribution in [1.82, 2.24) is 19.9 Å². The molecule has 4 rings (SSSR count). The van der Waals surface area contributed by atoms with E-state index in [9.17, 15) is 4.79 Å². The second-order valence-corrected chi connectivity index (χ2v) is 7.36. The molecule has 0 radical (unpaired) electrons. The Balaban J connectivity index is 1.81. The van der Waals surface area contributed by atoms with Crippen LogP contribution in [0.15, 0.2) is 42.5 Å². The number of aryl methyl sites for hydroxylation is 2. The number of nitrogens with zero attached hydrogens (tertiary/aromatic N) is 5. The lowest BCUT2D eigenvalue weighted by Gasteiger charge is -2.25. The Kier molecular flexibility index (Phi) is 3.72. The topological polar surface area (TPSA) is 71.9 Å². The van der Waals surface area contributed by atoms with Gasteiger partial charge in [-0.3, -0.25) is 9.69 Å². The lowest BCUT2D eigenvalue weighted by molar-refractivity contribution is -0.125. The number of fused-ring (bicyclic) bond motifs is 1. The van der Waals surface area contributed by atoms with Gasteiger partial charge < -0.3 is 0 Å². The lowest BCUT2D eigenvalue weighted by atomic mass is 9.75. The van der Waals surface area contributed by atoms with Crippen LogP contribution in [0, 0.1) is 25.2 Å². The first-order chi connectivity index (χ1) is 12.4. The number of carbonyl (C=O) groups is 1. The van der Waals surface area contributed by atoms with E-state index in [-0.39, 0.29) is 11.8 Å². The maximum Gasteiger partial charge on any atom is 0.238 e. The van der Waals surface area contributed by atoms with Crippen LogP contribution in [0.4, 0.5) is 5.82 Å². The molecular weight excluding hydrogens is 326 g/mol. The number of hydrogen-bond acceptors (Lipinski definition) is 5. The molecule has 0 spiro atoms. The molecule has 6 heteroatoms. The monoisotopic (exact) mass is 347 g/mol. The highest BCUT2D eigenvalue weighted by Gasteiger charge is 2.51. The van der Waals surface area contributed by atoms with E-state index >= 15 is 0 Å². The van der Waals surface area contributed by atoms with Gasteiger partial charge in [-0.15, -0.1) is 0 Å². The third-order valence-electron chi connectivity index (χ3n) is 5.22. The molecule has 6 nitrogen and oxygen atoms in total. The Bertz CT molecular complexity index is 943. The fourth-order valence-electron chi connectivity index (χ4n) is 3.67. The summed E-state index contributed by atoms with van der Waals surface area (Å²) >= 11 is 0. The van der Waals surface area contributed by atoms with Crippen molar-refractivity contribution >= 4 is 17.3 Å². The number of aromatic nitrogens is 4. The van der Waals surface area contributed by atoms with Crippen molar-refractivity contribution in [1.29, 1.82) is 0 Å². The lowest BCUT2D eigenvalue weighted by Crippen LogP contribution is -2.32. The number of allylic oxidation sites excluding steroid dienone is 4. The molecule has 3 heterocycles. The SMILES string of the molecule is Cc1ncc(C2=CCC3C(=C2)N(c2ccnc(C)n2)C(=O)C3(C)C)cn1. The minimum Gasteiger partial charge on any atom is -0.273 e. The average Bonchev–Trinajstić information content (AvgIpc) is 2.81. The molecule has 132 valence electrons. The molecule has 0 N–H and O–H groups in total. The first kappa shape index (κ1) is 16.6. The van der Waals surface area contributed by atoms with Crippen molar-refractivity contribution in [3.05, 3.63) is 59.7 Å². The highest BCUT2D eigenvalue weighted by molar-refractivity contribution is 6.04. The molecule has 1 saturated heterocycles. The zero-order valence-corrected chi connectivity index (χ0v) is 15.4. The summed E-state index contributed by atoms with van der Waals surface area (Å²) in [6, 6.07) is 1.79. The minimum absolute atomic E-state index is 0.0710. The van der Waals surface area contributed by atoms with Crippen LogP contribution in [-0.2, 0) is 4.79 Å². The van der Waals surface area contributed by atoms with E-state index in [1.165, 1.54) is 0 Å². The molecule has 2 aromatic rings. The molecule has 1 aliphatic heterocycles. The van der Waals surface area contributed by atoms with E-state index in [1.807, 2.05) is 40.1 Å². The van der Waals surface area contributed by atoms with Gasteiger partial charge in [-0.05, 0) is 38.0 Å². The number of amides is 1.